The molecule has 1 unspecified atom stereocenters. The van der Waals surface area contributed by atoms with E-state index in [1.165, 1.54) is 53.1 Å². The maximum Gasteiger partial charge on any atom is 0.336 e. The van der Waals surface area contributed by atoms with Gasteiger partial charge in [-0.25, -0.2) is 31.0 Å². The maximum atomic E-state index is 13.3. The van der Waals surface area contributed by atoms with Crippen LogP contribution in [0.25, 0.3) is 16.7 Å². The number of rotatable bonds is 11. The Kier molecular flexibility index (Phi) is 13.2. The number of benzene rings is 3. The van der Waals surface area contributed by atoms with E-state index in [-0.39, 0.29) is 62.0 Å². The summed E-state index contributed by atoms with van der Waals surface area (Å²) in [6.07, 6.45) is 2.84. The number of likely N-dealkylation sites (N-methyl/N-ethyl adjacent to an activating group) is 1. The number of hydrogen-bond acceptors (Lipinski definition) is 18. The van der Waals surface area contributed by atoms with E-state index >= 15 is 0 Å². The summed E-state index contributed by atoms with van der Waals surface area (Å²) in [6, 6.07) is 10.1. The molecule has 0 spiro atoms. The van der Waals surface area contributed by atoms with E-state index in [4.69, 9.17) is 4.74 Å². The minimum atomic E-state index is -5.50. The molecule has 22 nitrogen and oxygen atoms in total. The Morgan fingerprint density at radius 1 is 0.939 bits per heavy atom. The summed E-state index contributed by atoms with van der Waals surface area (Å²) in [5.74, 6) is -5.96. The van der Waals surface area contributed by atoms with Gasteiger partial charge < -0.3 is 29.0 Å². The second kappa shape index (κ2) is 17.5. The number of aromatic carboxylic acids is 1. The fourth-order valence-electron chi connectivity index (χ4n) is 7.83. The third-order valence-electron chi connectivity index (χ3n) is 10.8. The zero-order valence-electron chi connectivity index (χ0n) is 35.4. The summed E-state index contributed by atoms with van der Waals surface area (Å²) in [7, 11) is -13.3. The minimum Gasteiger partial charge on any atom is -0.748 e. The predicted molar refractivity (Wildman–Crippen MR) is 226 cm³/mol. The molecule has 1 fully saturated rings. The van der Waals surface area contributed by atoms with Crippen molar-refractivity contribution in [2.24, 2.45) is 0 Å². The van der Waals surface area contributed by atoms with E-state index in [1.807, 2.05) is 0 Å². The van der Waals surface area contributed by atoms with Crippen molar-refractivity contribution < 1.29 is 92.0 Å². The SMILES string of the molecule is C=[N+]1c2c(cc3c(c2S(=O)(=O)[O-])Oc2cc4c(cc2=C3c2ccccc2C(=O)O)C(CS(=O)(=O)O)=CC(C)(C)[N+]=4C)C(CS(=O)(=O)[O-])=CC1(C)C.CC(=O)ON1C(=O)CC(SOO[O-])C1=O. The Labute approximate surface area is 380 Å². The van der Waals surface area contributed by atoms with E-state index < -0.39 is 92.6 Å². The Balaban J connectivity index is 0.000000408. The third kappa shape index (κ3) is 9.87. The fraction of sp³-hybridized carbons (Fsp3) is 0.300. The average Bonchev–Trinajstić information content (AvgIpc) is 3.44. The van der Waals surface area contributed by atoms with Crippen molar-refractivity contribution in [3.05, 3.63) is 93.0 Å². The van der Waals surface area contributed by atoms with Crippen molar-refractivity contribution >= 4 is 95.3 Å². The van der Waals surface area contributed by atoms with Gasteiger partial charge in [-0.15, -0.1) is 5.06 Å². The molecular weight excluding hydrogens is 955 g/mol. The largest absolute Gasteiger partial charge is 0.748 e. The second-order valence-electron chi connectivity index (χ2n) is 16.2. The van der Waals surface area contributed by atoms with Crippen LogP contribution in [0.3, 0.4) is 0 Å². The van der Waals surface area contributed by atoms with Crippen molar-refractivity contribution in [2.45, 2.75) is 62.3 Å². The molecule has 0 radical (unpaired) electrons. The zero-order valence-corrected chi connectivity index (χ0v) is 38.7. The normalized spacial score (nSPS) is 18.4. The average molecular weight is 993 g/mol. The van der Waals surface area contributed by atoms with Crippen molar-refractivity contribution in [3.8, 4) is 11.5 Å². The van der Waals surface area contributed by atoms with E-state index in [0.29, 0.717) is 28.0 Å². The van der Waals surface area contributed by atoms with Crippen molar-refractivity contribution in [2.75, 3.05) is 18.6 Å². The lowest BCUT2D eigenvalue weighted by molar-refractivity contribution is -0.777. The molecule has 0 aliphatic carbocycles. The number of ether oxygens (including phenoxy) is 1. The van der Waals surface area contributed by atoms with Crippen LogP contribution in [-0.2, 0) is 58.9 Å². The van der Waals surface area contributed by atoms with Crippen LogP contribution in [0.4, 0.5) is 5.69 Å². The van der Waals surface area contributed by atoms with Gasteiger partial charge in [0, 0.05) is 63.0 Å². The molecule has 66 heavy (non-hydrogen) atoms. The van der Waals surface area contributed by atoms with Crippen molar-refractivity contribution in [1.82, 2.24) is 9.64 Å². The molecule has 4 heterocycles. The number of hydrogen-bond donors (Lipinski definition) is 2. The standard InChI is InChI=1S/C34H32N2O12S3.C6H7NO7S/c1-33(2)14-18(16-49(39,40)41)22-11-24-27(13-26(22)35(33)5)48-30-25(28(24)20-9-7-8-10-21(20)32(37)38)12-23-19(17-50(42,43)44)15-34(3,4)36(6)29(23)31(30)51(45,46)47;1-3(8)12-7-5(9)2-4(6(7)10)15-14-13-11/h7-15H,6,16-17H2,1-5H3,(H2-2,37,38,39,40,41,42,43,44,45,46,47);4,11H,2H2,1H3/p-1. The summed E-state index contributed by atoms with van der Waals surface area (Å²) >= 11 is 0.389. The Morgan fingerprint density at radius 3 is 2.14 bits per heavy atom. The van der Waals surface area contributed by atoms with Gasteiger partial charge in [-0.2, -0.15) is 17.3 Å². The van der Waals surface area contributed by atoms with Crippen LogP contribution in [0.5, 0.6) is 11.5 Å². The molecule has 0 aromatic heterocycles. The Morgan fingerprint density at radius 2 is 1.56 bits per heavy atom. The van der Waals surface area contributed by atoms with Gasteiger partial charge in [0.15, 0.2) is 21.7 Å². The lowest BCUT2D eigenvalue weighted by atomic mass is 9.84. The van der Waals surface area contributed by atoms with Gasteiger partial charge in [-0.05, 0) is 47.1 Å². The number of imide groups is 1. The number of carboxylic acids is 1. The molecule has 352 valence electrons. The molecule has 26 heteroatoms. The number of carbonyl (C=O) groups excluding carboxylic acids is 3. The number of amides is 2. The van der Waals surface area contributed by atoms with Gasteiger partial charge in [-0.3, -0.25) is 19.2 Å². The third-order valence-corrected chi connectivity index (χ3v) is 13.8. The molecule has 1 atom stereocenters. The van der Waals surface area contributed by atoms with Crippen LogP contribution in [0.1, 0.15) is 73.7 Å². The van der Waals surface area contributed by atoms with E-state index in [0.717, 1.165) is 6.92 Å². The summed E-state index contributed by atoms with van der Waals surface area (Å²) < 4.78 is 124. The van der Waals surface area contributed by atoms with Gasteiger partial charge in [-0.1, -0.05) is 18.2 Å². The highest BCUT2D eigenvalue weighted by Gasteiger charge is 2.45. The molecule has 4 aliphatic rings. The Bertz CT molecular complexity index is 3230. The van der Waals surface area contributed by atoms with E-state index in [2.05, 4.69) is 20.9 Å². The van der Waals surface area contributed by atoms with Gasteiger partial charge in [0.2, 0.25) is 11.0 Å². The molecule has 2 amide bonds. The monoisotopic (exact) mass is 992 g/mol. The predicted octanol–water partition coefficient (Wildman–Crippen LogP) is 0.355. The molecule has 2 N–H and O–H groups in total. The number of carboxylic acid groups (broad SMARTS) is 1. The van der Waals surface area contributed by atoms with Crippen LogP contribution >= 0.6 is 12.0 Å². The highest BCUT2D eigenvalue weighted by molar-refractivity contribution is 7.96. The van der Waals surface area contributed by atoms with Crippen LogP contribution in [-0.4, -0.2) is 119 Å². The molecule has 7 rings (SSSR count). The summed E-state index contributed by atoms with van der Waals surface area (Å²) in [5.41, 5.74) is -2.34. The summed E-state index contributed by atoms with van der Waals surface area (Å²) in [6.45, 7) is 11.7. The highest BCUT2D eigenvalue weighted by Crippen LogP contribution is 2.51. The number of nitrogens with zero attached hydrogens (tertiary/aromatic N) is 3. The quantitative estimate of drug-likeness (QED) is 0.0511. The Hall–Kier alpha value is -5.68. The highest BCUT2D eigenvalue weighted by atomic mass is 32.2. The lowest BCUT2D eigenvalue weighted by Crippen LogP contribution is -2.47. The smallest absolute Gasteiger partial charge is 0.336 e. The van der Waals surface area contributed by atoms with E-state index in [9.17, 15) is 68.5 Å². The summed E-state index contributed by atoms with van der Waals surface area (Å²) in [5, 5.41) is 22.7. The van der Waals surface area contributed by atoms with E-state index in [1.54, 1.807) is 45.4 Å². The molecule has 0 bridgehead atoms. The zero-order chi connectivity index (χ0) is 49.2. The maximum absolute atomic E-state index is 13.3. The van der Waals surface area contributed by atoms with Crippen LogP contribution in [0, 0.1) is 0 Å². The van der Waals surface area contributed by atoms with Gasteiger partial charge in [0.05, 0.1) is 45.0 Å². The first-order valence-electron chi connectivity index (χ1n) is 18.9. The van der Waals surface area contributed by atoms with Crippen molar-refractivity contribution in [3.63, 3.8) is 0 Å². The molecule has 3 aromatic carbocycles. The molecule has 1 saturated heterocycles. The van der Waals surface area contributed by atoms with Gasteiger partial charge in [0.1, 0.15) is 40.6 Å². The number of hydroxylamine groups is 2. The molecule has 4 aliphatic heterocycles. The first-order chi connectivity index (χ1) is 30.4. The number of fused-ring (bicyclic) bond motifs is 4. The number of carbonyl (C=O) groups is 4. The van der Waals surface area contributed by atoms with Crippen molar-refractivity contribution in [1.29, 1.82) is 0 Å². The van der Waals surface area contributed by atoms with Gasteiger partial charge in [0.25, 0.3) is 21.9 Å². The second-order valence-corrected chi connectivity index (χ2v) is 21.3. The fourth-order valence-corrected chi connectivity index (χ4v) is 10.4. The van der Waals surface area contributed by atoms with Crippen LogP contribution in [0.2, 0.25) is 0 Å². The van der Waals surface area contributed by atoms with Crippen LogP contribution < -0.4 is 25.1 Å². The molecular formula is C40H38N3O19S4-. The lowest BCUT2D eigenvalue weighted by Gasteiger charge is -2.32. The summed E-state index contributed by atoms with van der Waals surface area (Å²) in [4.78, 5) is 49.0. The van der Waals surface area contributed by atoms with Gasteiger partial charge >= 0.3 is 11.9 Å². The minimum absolute atomic E-state index is 0.0272. The topological polar surface area (TPSA) is 327 Å². The molecule has 0 saturated carbocycles. The van der Waals surface area contributed by atoms with Crippen LogP contribution in [0.15, 0.2) is 59.5 Å². The molecule has 3 aromatic rings. The first kappa shape index (κ1) is 49.7. The first-order valence-corrected chi connectivity index (χ1v) is 24.3.